The van der Waals surface area contributed by atoms with Gasteiger partial charge in [0.15, 0.2) is 0 Å². The Morgan fingerprint density at radius 1 is 1.12 bits per heavy atom. The molecule has 0 saturated carbocycles. The number of hydrogen-bond acceptors (Lipinski definition) is 5. The number of hydrogen-bond donors (Lipinski definition) is 1. The molecule has 8 heteroatoms. The number of piperazine rings is 1. The molecule has 0 radical (unpaired) electrons. The molecule has 2 heterocycles. The predicted molar refractivity (Wildman–Crippen MR) is 105 cm³/mol. The fourth-order valence-electron chi connectivity index (χ4n) is 2.99. The van der Waals surface area contributed by atoms with Crippen LogP contribution in [-0.2, 0) is 4.79 Å². The topological polar surface area (TPSA) is 61.4 Å². The minimum Gasteiger partial charge on any atom is -0.354 e. The smallest absolute Gasteiger partial charge is 0.238 e. The van der Waals surface area contributed by atoms with Gasteiger partial charge in [-0.2, -0.15) is 0 Å². The Balaban J connectivity index is 1.54. The van der Waals surface area contributed by atoms with Crippen LogP contribution in [0.2, 0.25) is 10.0 Å². The molecule has 1 aliphatic heterocycles. The summed E-state index contributed by atoms with van der Waals surface area (Å²) in [7, 11) is 0. The van der Waals surface area contributed by atoms with Gasteiger partial charge in [-0.15, -0.1) is 0 Å². The van der Waals surface area contributed by atoms with Crippen LogP contribution in [0.25, 0.3) is 0 Å². The Morgan fingerprint density at radius 3 is 2.38 bits per heavy atom. The van der Waals surface area contributed by atoms with Crippen molar-refractivity contribution in [2.75, 3.05) is 42.9 Å². The number of anilines is 2. The average molecular weight is 394 g/mol. The molecular formula is C18H21Cl2N5O. The van der Waals surface area contributed by atoms with Gasteiger partial charge in [0.05, 0.1) is 22.3 Å². The van der Waals surface area contributed by atoms with E-state index in [-0.39, 0.29) is 5.91 Å². The Hall–Kier alpha value is -1.89. The van der Waals surface area contributed by atoms with Crippen molar-refractivity contribution in [3.05, 3.63) is 45.8 Å². The second kappa shape index (κ2) is 8.20. The molecule has 0 aliphatic carbocycles. The van der Waals surface area contributed by atoms with Crippen LogP contribution in [0.5, 0.6) is 0 Å². The van der Waals surface area contributed by atoms with E-state index in [1.54, 1.807) is 18.2 Å². The molecule has 0 bridgehead atoms. The van der Waals surface area contributed by atoms with E-state index in [2.05, 4.69) is 25.1 Å². The third kappa shape index (κ3) is 4.63. The molecule has 1 saturated heterocycles. The Bertz CT molecular complexity index is 766. The number of nitrogens with one attached hydrogen (secondary N) is 1. The van der Waals surface area contributed by atoms with Crippen molar-refractivity contribution in [1.29, 1.82) is 0 Å². The third-order valence-electron chi connectivity index (χ3n) is 4.24. The van der Waals surface area contributed by atoms with E-state index in [1.165, 1.54) is 0 Å². The van der Waals surface area contributed by atoms with Crippen LogP contribution < -0.4 is 10.2 Å². The molecule has 0 unspecified atom stereocenters. The van der Waals surface area contributed by atoms with Gasteiger partial charge in [-0.1, -0.05) is 29.3 Å². The number of carbonyl (C=O) groups is 1. The molecule has 26 heavy (non-hydrogen) atoms. The van der Waals surface area contributed by atoms with Crippen LogP contribution in [0.15, 0.2) is 24.3 Å². The maximum Gasteiger partial charge on any atom is 0.238 e. The molecule has 1 amide bonds. The van der Waals surface area contributed by atoms with Crippen LogP contribution >= 0.6 is 23.2 Å². The lowest BCUT2D eigenvalue weighted by atomic mass is 10.2. The Labute approximate surface area is 163 Å². The van der Waals surface area contributed by atoms with E-state index in [9.17, 15) is 4.79 Å². The van der Waals surface area contributed by atoms with Crippen molar-refractivity contribution < 1.29 is 4.79 Å². The van der Waals surface area contributed by atoms with E-state index in [0.29, 0.717) is 22.3 Å². The summed E-state index contributed by atoms with van der Waals surface area (Å²) in [5.74, 6) is 1.60. The van der Waals surface area contributed by atoms with Gasteiger partial charge in [0.2, 0.25) is 5.91 Å². The maximum absolute atomic E-state index is 12.3. The predicted octanol–water partition coefficient (Wildman–Crippen LogP) is 3.16. The Kier molecular flexibility index (Phi) is 5.96. The molecule has 1 aromatic carbocycles. The molecular weight excluding hydrogens is 373 g/mol. The van der Waals surface area contributed by atoms with Crippen molar-refractivity contribution in [2.45, 2.75) is 13.8 Å². The lowest BCUT2D eigenvalue weighted by molar-refractivity contribution is -0.117. The van der Waals surface area contributed by atoms with Gasteiger partial charge < -0.3 is 10.2 Å². The number of para-hydroxylation sites is 1. The third-order valence-corrected chi connectivity index (χ3v) is 4.87. The standard InChI is InChI=1S/C18H21Cl2N5O/c1-12-10-16(22-13(2)21-12)25-8-6-24(7-9-25)11-17(26)23-18-14(19)4-3-5-15(18)20/h3-5,10H,6-9,11H2,1-2H3,(H,23,26). The van der Waals surface area contributed by atoms with Gasteiger partial charge in [0.25, 0.3) is 0 Å². The van der Waals surface area contributed by atoms with Gasteiger partial charge in [-0.3, -0.25) is 9.69 Å². The van der Waals surface area contributed by atoms with Gasteiger partial charge in [-0.05, 0) is 26.0 Å². The van der Waals surface area contributed by atoms with Gasteiger partial charge >= 0.3 is 0 Å². The summed E-state index contributed by atoms with van der Waals surface area (Å²) in [6.07, 6.45) is 0. The van der Waals surface area contributed by atoms with E-state index in [4.69, 9.17) is 23.2 Å². The van der Waals surface area contributed by atoms with Crippen LogP contribution in [0, 0.1) is 13.8 Å². The second-order valence-corrected chi connectivity index (χ2v) is 7.14. The monoisotopic (exact) mass is 393 g/mol. The van der Waals surface area contributed by atoms with Crippen molar-refractivity contribution >= 4 is 40.6 Å². The van der Waals surface area contributed by atoms with E-state index < -0.39 is 0 Å². The van der Waals surface area contributed by atoms with Crippen molar-refractivity contribution in [3.63, 3.8) is 0 Å². The van der Waals surface area contributed by atoms with Gasteiger partial charge in [-0.25, -0.2) is 9.97 Å². The SMILES string of the molecule is Cc1cc(N2CCN(CC(=O)Nc3c(Cl)cccc3Cl)CC2)nc(C)n1. The number of benzene rings is 1. The van der Waals surface area contributed by atoms with E-state index >= 15 is 0 Å². The molecule has 0 spiro atoms. The highest BCUT2D eigenvalue weighted by atomic mass is 35.5. The highest BCUT2D eigenvalue weighted by Crippen LogP contribution is 2.29. The number of nitrogens with zero attached hydrogens (tertiary/aromatic N) is 4. The first-order valence-electron chi connectivity index (χ1n) is 8.46. The van der Waals surface area contributed by atoms with Gasteiger partial charge in [0, 0.05) is 37.9 Å². The molecule has 0 atom stereocenters. The van der Waals surface area contributed by atoms with Crippen LogP contribution in [0.4, 0.5) is 11.5 Å². The normalized spacial score (nSPS) is 15.2. The molecule has 1 N–H and O–H groups in total. The summed E-state index contributed by atoms with van der Waals surface area (Å²) >= 11 is 12.2. The zero-order chi connectivity index (χ0) is 18.7. The fourth-order valence-corrected chi connectivity index (χ4v) is 3.49. The van der Waals surface area contributed by atoms with Crippen LogP contribution in [0.3, 0.4) is 0 Å². The molecule has 3 rings (SSSR count). The molecule has 1 fully saturated rings. The largest absolute Gasteiger partial charge is 0.354 e. The molecule has 6 nitrogen and oxygen atoms in total. The highest BCUT2D eigenvalue weighted by molar-refractivity contribution is 6.39. The molecule has 1 aromatic heterocycles. The van der Waals surface area contributed by atoms with Crippen molar-refractivity contribution in [3.8, 4) is 0 Å². The summed E-state index contributed by atoms with van der Waals surface area (Å²) in [5.41, 5.74) is 1.43. The van der Waals surface area contributed by atoms with Crippen LogP contribution in [0.1, 0.15) is 11.5 Å². The van der Waals surface area contributed by atoms with Crippen molar-refractivity contribution in [1.82, 2.24) is 14.9 Å². The molecule has 1 aliphatic rings. The number of amides is 1. The number of carbonyl (C=O) groups excluding carboxylic acids is 1. The minimum atomic E-state index is -0.123. The summed E-state index contributed by atoms with van der Waals surface area (Å²) in [4.78, 5) is 25.5. The van der Waals surface area contributed by atoms with E-state index in [1.807, 2.05) is 19.9 Å². The zero-order valence-corrected chi connectivity index (χ0v) is 16.3. The first kappa shape index (κ1) is 18.9. The summed E-state index contributed by atoms with van der Waals surface area (Å²) in [6.45, 7) is 7.37. The van der Waals surface area contributed by atoms with E-state index in [0.717, 1.165) is 43.5 Å². The quantitative estimate of drug-likeness (QED) is 0.863. The summed E-state index contributed by atoms with van der Waals surface area (Å²) in [6, 6.07) is 7.14. The number of rotatable bonds is 4. The minimum absolute atomic E-state index is 0.123. The number of halogens is 2. The fraction of sp³-hybridized carbons (Fsp3) is 0.389. The lowest BCUT2D eigenvalue weighted by Gasteiger charge is -2.35. The molecule has 138 valence electrons. The first-order valence-corrected chi connectivity index (χ1v) is 9.21. The Morgan fingerprint density at radius 2 is 1.77 bits per heavy atom. The van der Waals surface area contributed by atoms with Crippen LogP contribution in [-0.4, -0.2) is 53.5 Å². The maximum atomic E-state index is 12.3. The number of aryl methyl sites for hydroxylation is 2. The summed E-state index contributed by atoms with van der Waals surface area (Å²) in [5, 5.41) is 3.68. The molecule has 2 aromatic rings. The lowest BCUT2D eigenvalue weighted by Crippen LogP contribution is -2.49. The first-order chi connectivity index (χ1) is 12.4. The second-order valence-electron chi connectivity index (χ2n) is 6.32. The highest BCUT2D eigenvalue weighted by Gasteiger charge is 2.21. The average Bonchev–Trinajstić information content (AvgIpc) is 2.58. The zero-order valence-electron chi connectivity index (χ0n) is 14.8. The van der Waals surface area contributed by atoms with Gasteiger partial charge in [0.1, 0.15) is 11.6 Å². The number of aromatic nitrogens is 2. The summed E-state index contributed by atoms with van der Waals surface area (Å²) < 4.78 is 0. The van der Waals surface area contributed by atoms with Crippen molar-refractivity contribution in [2.24, 2.45) is 0 Å².